The minimum absolute atomic E-state index is 0.374. The zero-order chi connectivity index (χ0) is 9.80. The van der Waals surface area contributed by atoms with Crippen LogP contribution in [0.25, 0.3) is 0 Å². The maximum absolute atomic E-state index is 5.38. The van der Waals surface area contributed by atoms with Gasteiger partial charge in [0.05, 0.1) is 13.2 Å². The molecule has 1 heterocycles. The standard InChI is InChI=1S/C10H12N2O2/c11-14-7-8-3-1-2-4-9(8)10-12-5-6-13-10/h1-4H,5-7,11H2. The largest absolute Gasteiger partial charge is 0.476 e. The summed E-state index contributed by atoms with van der Waals surface area (Å²) in [6, 6.07) is 7.79. The molecular weight excluding hydrogens is 180 g/mol. The SMILES string of the molecule is NOCc1ccccc1C1=NCCO1. The molecule has 1 aromatic rings. The molecule has 0 saturated heterocycles. The third-order valence-electron chi connectivity index (χ3n) is 2.07. The average Bonchev–Trinajstić information content (AvgIpc) is 2.72. The van der Waals surface area contributed by atoms with Crippen LogP contribution in [-0.2, 0) is 16.2 Å². The highest BCUT2D eigenvalue weighted by Crippen LogP contribution is 2.13. The molecule has 0 aromatic heterocycles. The van der Waals surface area contributed by atoms with Gasteiger partial charge in [0.15, 0.2) is 0 Å². The van der Waals surface area contributed by atoms with Crippen LogP contribution in [0.5, 0.6) is 0 Å². The number of benzene rings is 1. The lowest BCUT2D eigenvalue weighted by atomic mass is 10.1. The molecule has 0 fully saturated rings. The van der Waals surface area contributed by atoms with E-state index in [1.807, 2.05) is 24.3 Å². The summed E-state index contributed by atoms with van der Waals surface area (Å²) in [4.78, 5) is 8.86. The Morgan fingerprint density at radius 3 is 3.00 bits per heavy atom. The van der Waals surface area contributed by atoms with Gasteiger partial charge < -0.3 is 4.74 Å². The Kier molecular flexibility index (Phi) is 2.76. The van der Waals surface area contributed by atoms with E-state index in [2.05, 4.69) is 9.83 Å². The van der Waals surface area contributed by atoms with E-state index in [1.54, 1.807) is 0 Å². The maximum atomic E-state index is 5.38. The fourth-order valence-corrected chi connectivity index (χ4v) is 1.44. The molecule has 4 heteroatoms. The van der Waals surface area contributed by atoms with Crippen LogP contribution in [0.3, 0.4) is 0 Å². The lowest BCUT2D eigenvalue weighted by Gasteiger charge is -2.07. The quantitative estimate of drug-likeness (QED) is 0.722. The molecule has 2 N–H and O–H groups in total. The molecule has 0 aliphatic carbocycles. The molecule has 0 atom stereocenters. The van der Waals surface area contributed by atoms with Crippen LogP contribution in [-0.4, -0.2) is 19.0 Å². The van der Waals surface area contributed by atoms with Gasteiger partial charge >= 0.3 is 0 Å². The van der Waals surface area contributed by atoms with Crippen LogP contribution in [0.15, 0.2) is 29.3 Å². The van der Waals surface area contributed by atoms with Gasteiger partial charge in [-0.1, -0.05) is 18.2 Å². The van der Waals surface area contributed by atoms with E-state index in [-0.39, 0.29) is 0 Å². The van der Waals surface area contributed by atoms with Crippen LogP contribution in [0.1, 0.15) is 11.1 Å². The molecule has 0 saturated carbocycles. The van der Waals surface area contributed by atoms with Gasteiger partial charge in [0.25, 0.3) is 0 Å². The van der Waals surface area contributed by atoms with E-state index in [1.165, 1.54) is 0 Å². The van der Waals surface area contributed by atoms with Crippen LogP contribution in [0.4, 0.5) is 0 Å². The Balaban J connectivity index is 2.31. The Hall–Kier alpha value is -1.39. The lowest BCUT2D eigenvalue weighted by Crippen LogP contribution is -2.08. The van der Waals surface area contributed by atoms with Crippen molar-refractivity contribution in [3.63, 3.8) is 0 Å². The first-order valence-electron chi connectivity index (χ1n) is 4.49. The van der Waals surface area contributed by atoms with Crippen molar-refractivity contribution >= 4 is 5.90 Å². The van der Waals surface area contributed by atoms with Crippen molar-refractivity contribution in [3.8, 4) is 0 Å². The number of nitrogens with two attached hydrogens (primary N) is 1. The molecule has 0 spiro atoms. The van der Waals surface area contributed by atoms with Crippen LogP contribution >= 0.6 is 0 Å². The molecule has 1 aromatic carbocycles. The van der Waals surface area contributed by atoms with Crippen molar-refractivity contribution < 1.29 is 9.57 Å². The Bertz CT molecular complexity index is 350. The molecule has 0 unspecified atom stereocenters. The monoisotopic (exact) mass is 192 g/mol. The smallest absolute Gasteiger partial charge is 0.216 e. The average molecular weight is 192 g/mol. The number of hydrogen-bond acceptors (Lipinski definition) is 4. The summed E-state index contributed by atoms with van der Waals surface area (Å²) in [5, 5.41) is 0. The Morgan fingerprint density at radius 2 is 2.29 bits per heavy atom. The summed E-state index contributed by atoms with van der Waals surface area (Å²) in [6.45, 7) is 1.76. The van der Waals surface area contributed by atoms with Crippen molar-refractivity contribution in [1.29, 1.82) is 0 Å². The topological polar surface area (TPSA) is 56.8 Å². The van der Waals surface area contributed by atoms with Crippen molar-refractivity contribution in [2.24, 2.45) is 10.9 Å². The Morgan fingerprint density at radius 1 is 1.43 bits per heavy atom. The lowest BCUT2D eigenvalue weighted by molar-refractivity contribution is 0.124. The minimum Gasteiger partial charge on any atom is -0.476 e. The van der Waals surface area contributed by atoms with Gasteiger partial charge in [0.2, 0.25) is 5.90 Å². The first-order chi connectivity index (χ1) is 6.92. The van der Waals surface area contributed by atoms with Crippen LogP contribution in [0.2, 0.25) is 0 Å². The predicted molar refractivity (Wildman–Crippen MR) is 52.8 cm³/mol. The van der Waals surface area contributed by atoms with Crippen molar-refractivity contribution in [2.45, 2.75) is 6.61 Å². The molecule has 1 aliphatic rings. The second-order valence-electron chi connectivity index (χ2n) is 3.00. The molecule has 14 heavy (non-hydrogen) atoms. The van der Waals surface area contributed by atoms with Gasteiger partial charge in [-0.25, -0.2) is 10.9 Å². The predicted octanol–water partition coefficient (Wildman–Crippen LogP) is 0.854. The fourth-order valence-electron chi connectivity index (χ4n) is 1.44. The fraction of sp³-hybridized carbons (Fsp3) is 0.300. The Labute approximate surface area is 82.3 Å². The molecule has 74 valence electrons. The maximum Gasteiger partial charge on any atom is 0.216 e. The summed E-state index contributed by atoms with van der Waals surface area (Å²) >= 11 is 0. The molecule has 0 amide bonds. The number of aliphatic imine (C=N–C) groups is 1. The number of hydrogen-bond donors (Lipinski definition) is 1. The van der Waals surface area contributed by atoms with E-state index in [9.17, 15) is 0 Å². The second-order valence-corrected chi connectivity index (χ2v) is 3.00. The first kappa shape index (κ1) is 9.18. The van der Waals surface area contributed by atoms with Gasteiger partial charge in [-0.3, -0.25) is 4.84 Å². The molecule has 1 aliphatic heterocycles. The van der Waals surface area contributed by atoms with Gasteiger partial charge in [-0.2, -0.15) is 0 Å². The van der Waals surface area contributed by atoms with Crippen molar-refractivity contribution in [3.05, 3.63) is 35.4 Å². The summed E-state index contributed by atoms with van der Waals surface area (Å²) < 4.78 is 5.38. The van der Waals surface area contributed by atoms with Crippen molar-refractivity contribution in [1.82, 2.24) is 0 Å². The summed E-state index contributed by atoms with van der Waals surface area (Å²) in [6.07, 6.45) is 0. The molecule has 0 bridgehead atoms. The summed E-state index contributed by atoms with van der Waals surface area (Å²) in [5.41, 5.74) is 1.96. The second kappa shape index (κ2) is 4.21. The van der Waals surface area contributed by atoms with Gasteiger partial charge in [-0.15, -0.1) is 0 Å². The molecule has 2 rings (SSSR count). The van der Waals surface area contributed by atoms with Crippen molar-refractivity contribution in [2.75, 3.05) is 13.2 Å². The number of ether oxygens (including phenoxy) is 1. The minimum atomic E-state index is 0.374. The van der Waals surface area contributed by atoms with E-state index in [4.69, 9.17) is 10.6 Å². The third-order valence-corrected chi connectivity index (χ3v) is 2.07. The van der Waals surface area contributed by atoms with Crippen LogP contribution in [0, 0.1) is 0 Å². The van der Waals surface area contributed by atoms with E-state index >= 15 is 0 Å². The molecule has 0 radical (unpaired) electrons. The highest BCUT2D eigenvalue weighted by molar-refractivity contribution is 5.96. The van der Waals surface area contributed by atoms with Crippen LogP contribution < -0.4 is 5.90 Å². The first-order valence-corrected chi connectivity index (χ1v) is 4.49. The molecule has 4 nitrogen and oxygen atoms in total. The third kappa shape index (κ3) is 1.76. The summed E-state index contributed by atoms with van der Waals surface area (Å²) in [5.74, 6) is 5.74. The summed E-state index contributed by atoms with van der Waals surface area (Å²) in [7, 11) is 0. The van der Waals surface area contributed by atoms with Gasteiger partial charge in [0, 0.05) is 5.56 Å². The van der Waals surface area contributed by atoms with E-state index in [0.29, 0.717) is 19.1 Å². The normalized spacial score (nSPS) is 15.1. The number of rotatable bonds is 3. The van der Waals surface area contributed by atoms with Gasteiger partial charge in [0.1, 0.15) is 6.61 Å². The van der Waals surface area contributed by atoms with Gasteiger partial charge in [-0.05, 0) is 11.6 Å². The van der Waals surface area contributed by atoms with E-state index < -0.39 is 0 Å². The van der Waals surface area contributed by atoms with E-state index in [0.717, 1.165) is 17.7 Å². The molecular formula is C10H12N2O2. The zero-order valence-electron chi connectivity index (χ0n) is 7.77. The zero-order valence-corrected chi connectivity index (χ0v) is 7.77. The highest BCUT2D eigenvalue weighted by atomic mass is 16.6. The number of nitrogens with zero attached hydrogens (tertiary/aromatic N) is 1. The highest BCUT2D eigenvalue weighted by Gasteiger charge is 2.13.